The Bertz CT molecular complexity index is 313. The Kier molecular flexibility index (Phi) is 3.59. The molecule has 0 saturated carbocycles. The van der Waals surface area contributed by atoms with Gasteiger partial charge in [-0.3, -0.25) is 10.7 Å². The highest BCUT2D eigenvalue weighted by atomic mass is 15.5. The largest absolute Gasteiger partial charge is 0.296 e. The molecule has 1 aromatic carbocycles. The fourth-order valence-corrected chi connectivity index (χ4v) is 2.42. The minimum Gasteiger partial charge on any atom is -0.296 e. The van der Waals surface area contributed by atoms with Crippen molar-refractivity contribution < 1.29 is 0 Å². The van der Waals surface area contributed by atoms with Crippen molar-refractivity contribution in [3.8, 4) is 0 Å². The molecule has 0 spiro atoms. The van der Waals surface area contributed by atoms with E-state index in [2.05, 4.69) is 49.1 Å². The van der Waals surface area contributed by atoms with E-state index < -0.39 is 0 Å². The lowest BCUT2D eigenvalue weighted by Gasteiger charge is -2.41. The van der Waals surface area contributed by atoms with Crippen molar-refractivity contribution in [2.45, 2.75) is 32.5 Å². The first-order valence-corrected chi connectivity index (χ1v) is 5.96. The van der Waals surface area contributed by atoms with Gasteiger partial charge in [0.25, 0.3) is 0 Å². The van der Waals surface area contributed by atoms with E-state index in [0.29, 0.717) is 12.1 Å². The van der Waals surface area contributed by atoms with Crippen LogP contribution in [0.3, 0.4) is 0 Å². The molecule has 0 aliphatic carbocycles. The van der Waals surface area contributed by atoms with Crippen molar-refractivity contribution in [1.29, 1.82) is 0 Å². The van der Waals surface area contributed by atoms with Gasteiger partial charge in [-0.1, -0.05) is 30.3 Å². The third-order valence-corrected chi connectivity index (χ3v) is 3.31. The second-order valence-corrected chi connectivity index (χ2v) is 4.82. The molecule has 1 saturated heterocycles. The summed E-state index contributed by atoms with van der Waals surface area (Å²) >= 11 is 0. The summed E-state index contributed by atoms with van der Waals surface area (Å²) in [6, 6.07) is 11.5. The molecule has 1 aliphatic heterocycles. The molecular weight excluding hydrogens is 198 g/mol. The van der Waals surface area contributed by atoms with Gasteiger partial charge in [0.1, 0.15) is 0 Å². The van der Waals surface area contributed by atoms with Gasteiger partial charge in [0, 0.05) is 31.7 Å². The third-order valence-electron chi connectivity index (χ3n) is 3.31. The summed E-state index contributed by atoms with van der Waals surface area (Å²) in [7, 11) is 0. The minimum absolute atomic E-state index is 0.437. The van der Waals surface area contributed by atoms with E-state index in [1.54, 1.807) is 0 Å². The number of hydrogen-bond acceptors (Lipinski definition) is 3. The zero-order chi connectivity index (χ0) is 11.5. The first-order chi connectivity index (χ1) is 7.66. The number of rotatable bonds is 2. The first-order valence-electron chi connectivity index (χ1n) is 5.96. The fraction of sp³-hybridized carbons (Fsp3) is 0.538. The van der Waals surface area contributed by atoms with Gasteiger partial charge in [0.05, 0.1) is 0 Å². The monoisotopic (exact) mass is 219 g/mol. The van der Waals surface area contributed by atoms with E-state index in [1.807, 2.05) is 5.01 Å². The van der Waals surface area contributed by atoms with Gasteiger partial charge >= 0.3 is 0 Å². The Labute approximate surface area is 97.8 Å². The first kappa shape index (κ1) is 11.6. The van der Waals surface area contributed by atoms with E-state index >= 15 is 0 Å². The van der Waals surface area contributed by atoms with Gasteiger partial charge in [-0.05, 0) is 19.4 Å². The predicted octanol–water partition coefficient (Wildman–Crippen LogP) is 1.45. The van der Waals surface area contributed by atoms with Crippen LogP contribution in [0.1, 0.15) is 19.4 Å². The summed E-state index contributed by atoms with van der Waals surface area (Å²) in [5.41, 5.74) is 1.38. The van der Waals surface area contributed by atoms with Crippen molar-refractivity contribution in [3.63, 3.8) is 0 Å². The smallest absolute Gasteiger partial charge is 0.0343 e. The van der Waals surface area contributed by atoms with Gasteiger partial charge in [-0.2, -0.15) is 0 Å². The Hall–Kier alpha value is -0.900. The molecule has 0 unspecified atom stereocenters. The lowest BCUT2D eigenvalue weighted by Crippen LogP contribution is -2.59. The number of benzene rings is 1. The van der Waals surface area contributed by atoms with Crippen LogP contribution in [0.15, 0.2) is 30.3 Å². The maximum Gasteiger partial charge on any atom is 0.0343 e. The maximum atomic E-state index is 5.98. The zero-order valence-corrected chi connectivity index (χ0v) is 10.1. The predicted molar refractivity (Wildman–Crippen MR) is 66.7 cm³/mol. The molecule has 1 aromatic rings. The molecule has 3 heteroatoms. The van der Waals surface area contributed by atoms with Crippen LogP contribution in [0.25, 0.3) is 0 Å². The Morgan fingerprint density at radius 1 is 1.12 bits per heavy atom. The van der Waals surface area contributed by atoms with Crippen LogP contribution < -0.4 is 5.84 Å². The van der Waals surface area contributed by atoms with Crippen molar-refractivity contribution in [2.24, 2.45) is 5.84 Å². The Balaban J connectivity index is 1.97. The number of nitrogens with two attached hydrogens (primary N) is 1. The molecule has 1 aliphatic rings. The molecule has 0 aromatic heterocycles. The fourth-order valence-electron chi connectivity index (χ4n) is 2.42. The van der Waals surface area contributed by atoms with Crippen LogP contribution in [-0.2, 0) is 6.54 Å². The SMILES string of the molecule is C[C@@H]1CN(Cc2ccccc2)C[C@@H](C)N1N. The van der Waals surface area contributed by atoms with E-state index in [4.69, 9.17) is 5.84 Å². The average Bonchev–Trinajstić information content (AvgIpc) is 2.27. The zero-order valence-electron chi connectivity index (χ0n) is 10.1. The summed E-state index contributed by atoms with van der Waals surface area (Å²) in [5.74, 6) is 5.98. The summed E-state index contributed by atoms with van der Waals surface area (Å²) in [6.07, 6.45) is 0. The third kappa shape index (κ3) is 2.61. The minimum atomic E-state index is 0.437. The molecule has 2 N–H and O–H groups in total. The standard InChI is InChI=1S/C13H21N3/c1-11-8-15(9-12(2)16(11)14)10-13-6-4-3-5-7-13/h3-7,11-12H,8-10,14H2,1-2H3/t11-,12-/m1/s1. The highest BCUT2D eigenvalue weighted by Gasteiger charge is 2.26. The van der Waals surface area contributed by atoms with Gasteiger partial charge in [-0.25, -0.2) is 5.01 Å². The van der Waals surface area contributed by atoms with Crippen LogP contribution in [-0.4, -0.2) is 35.1 Å². The van der Waals surface area contributed by atoms with E-state index in [1.165, 1.54) is 5.56 Å². The van der Waals surface area contributed by atoms with Crippen LogP contribution in [0, 0.1) is 0 Å². The molecule has 3 nitrogen and oxygen atoms in total. The van der Waals surface area contributed by atoms with Crippen molar-refractivity contribution in [2.75, 3.05) is 13.1 Å². The van der Waals surface area contributed by atoms with E-state index in [9.17, 15) is 0 Å². The second-order valence-electron chi connectivity index (χ2n) is 4.82. The quantitative estimate of drug-likeness (QED) is 0.764. The van der Waals surface area contributed by atoms with Gasteiger partial charge < -0.3 is 0 Å². The van der Waals surface area contributed by atoms with Crippen molar-refractivity contribution in [3.05, 3.63) is 35.9 Å². The Morgan fingerprint density at radius 2 is 1.69 bits per heavy atom. The number of piperazine rings is 1. The number of nitrogens with zero attached hydrogens (tertiary/aromatic N) is 2. The second kappa shape index (κ2) is 4.95. The Morgan fingerprint density at radius 3 is 2.25 bits per heavy atom. The van der Waals surface area contributed by atoms with Crippen molar-refractivity contribution in [1.82, 2.24) is 9.91 Å². The molecule has 88 valence electrons. The number of hydrogen-bond donors (Lipinski definition) is 1. The molecule has 1 heterocycles. The lowest BCUT2D eigenvalue weighted by atomic mass is 10.1. The topological polar surface area (TPSA) is 32.5 Å². The van der Waals surface area contributed by atoms with Crippen LogP contribution in [0.5, 0.6) is 0 Å². The molecule has 2 rings (SSSR count). The van der Waals surface area contributed by atoms with Gasteiger partial charge in [-0.15, -0.1) is 0 Å². The molecule has 16 heavy (non-hydrogen) atoms. The summed E-state index contributed by atoms with van der Waals surface area (Å²) in [4.78, 5) is 2.48. The molecule has 1 fully saturated rings. The molecule has 2 atom stereocenters. The van der Waals surface area contributed by atoms with Gasteiger partial charge in [0.2, 0.25) is 0 Å². The maximum absolute atomic E-state index is 5.98. The van der Waals surface area contributed by atoms with Crippen LogP contribution in [0.4, 0.5) is 0 Å². The highest BCUT2D eigenvalue weighted by molar-refractivity contribution is 5.14. The summed E-state index contributed by atoms with van der Waals surface area (Å²) in [5, 5.41) is 1.97. The van der Waals surface area contributed by atoms with Crippen LogP contribution >= 0.6 is 0 Å². The summed E-state index contributed by atoms with van der Waals surface area (Å²) < 4.78 is 0. The average molecular weight is 219 g/mol. The molecule has 0 bridgehead atoms. The molecule has 0 amide bonds. The van der Waals surface area contributed by atoms with Crippen LogP contribution in [0.2, 0.25) is 0 Å². The number of hydrazine groups is 1. The van der Waals surface area contributed by atoms with Crippen molar-refractivity contribution >= 4 is 0 Å². The highest BCUT2D eigenvalue weighted by Crippen LogP contribution is 2.14. The normalized spacial score (nSPS) is 28.2. The molecular formula is C13H21N3. The van der Waals surface area contributed by atoms with E-state index in [0.717, 1.165) is 19.6 Å². The summed E-state index contributed by atoms with van der Waals surface area (Å²) in [6.45, 7) is 7.51. The molecule has 0 radical (unpaired) electrons. The van der Waals surface area contributed by atoms with Gasteiger partial charge in [0.15, 0.2) is 0 Å². The lowest BCUT2D eigenvalue weighted by molar-refractivity contribution is 0.0347. The van der Waals surface area contributed by atoms with E-state index in [-0.39, 0.29) is 0 Å².